The summed E-state index contributed by atoms with van der Waals surface area (Å²) in [6.07, 6.45) is 5.53. The summed E-state index contributed by atoms with van der Waals surface area (Å²) >= 11 is 0. The quantitative estimate of drug-likeness (QED) is 0.403. The van der Waals surface area contributed by atoms with Gasteiger partial charge < -0.3 is 14.4 Å². The number of benzene rings is 2. The molecule has 162 valence electrons. The summed E-state index contributed by atoms with van der Waals surface area (Å²) in [6, 6.07) is 14.1. The molecule has 0 aromatic heterocycles. The second kappa shape index (κ2) is 12.1. The lowest BCUT2D eigenvalue weighted by Crippen LogP contribution is -2.48. The molecule has 0 heterocycles. The van der Waals surface area contributed by atoms with E-state index in [1.807, 2.05) is 25.1 Å². The third-order valence-corrected chi connectivity index (χ3v) is 4.20. The molecule has 7 heteroatoms. The summed E-state index contributed by atoms with van der Waals surface area (Å²) in [5.41, 5.74) is 3.78. The van der Waals surface area contributed by atoms with Gasteiger partial charge in [-0.05, 0) is 38.4 Å². The first-order valence-corrected chi connectivity index (χ1v) is 9.72. The minimum atomic E-state index is -0.374. The van der Waals surface area contributed by atoms with Crippen molar-refractivity contribution in [2.45, 2.75) is 6.92 Å². The van der Waals surface area contributed by atoms with E-state index in [2.05, 4.69) is 17.5 Å². The van der Waals surface area contributed by atoms with Gasteiger partial charge in [0, 0.05) is 30.7 Å². The molecular weight excluding hydrogens is 394 g/mol. The van der Waals surface area contributed by atoms with Crippen LogP contribution in [0.2, 0.25) is 0 Å². The summed E-state index contributed by atoms with van der Waals surface area (Å²) in [5, 5.41) is 1.29. The van der Waals surface area contributed by atoms with E-state index in [0.29, 0.717) is 35.7 Å². The number of methoxy groups -OCH3 is 1. The second-order valence-corrected chi connectivity index (χ2v) is 6.77. The molecule has 2 aromatic rings. The Labute approximate surface area is 183 Å². The van der Waals surface area contributed by atoms with Gasteiger partial charge in [-0.25, -0.2) is 5.01 Å². The lowest BCUT2D eigenvalue weighted by molar-refractivity contribution is -0.128. The molecule has 1 N–H and O–H groups in total. The van der Waals surface area contributed by atoms with E-state index in [1.54, 1.807) is 55.5 Å². The van der Waals surface area contributed by atoms with Gasteiger partial charge in [-0.2, -0.15) is 0 Å². The monoisotopic (exact) mass is 421 g/mol. The third kappa shape index (κ3) is 7.21. The number of amides is 2. The molecule has 0 saturated heterocycles. The van der Waals surface area contributed by atoms with E-state index in [0.717, 1.165) is 0 Å². The third-order valence-electron chi connectivity index (χ3n) is 4.20. The van der Waals surface area contributed by atoms with Crippen LogP contribution in [0.1, 0.15) is 22.8 Å². The van der Waals surface area contributed by atoms with Gasteiger partial charge in [-0.3, -0.25) is 15.0 Å². The molecule has 31 heavy (non-hydrogen) atoms. The Morgan fingerprint density at radius 1 is 1.06 bits per heavy atom. The van der Waals surface area contributed by atoms with Crippen molar-refractivity contribution < 1.29 is 19.1 Å². The Balaban J connectivity index is 2.23. The summed E-state index contributed by atoms with van der Waals surface area (Å²) in [4.78, 5) is 27.3. The van der Waals surface area contributed by atoms with Crippen LogP contribution in [0, 0.1) is 12.0 Å². The number of rotatable bonds is 8. The summed E-state index contributed by atoms with van der Waals surface area (Å²) in [6.45, 7) is 2.55. The SMILES string of the molecule is CC#COc1c(/C=C/C(=O)N(CCN(C)C)NC(=O)c2ccccc2)cccc1OC. The molecule has 0 aliphatic carbocycles. The highest BCUT2D eigenvalue weighted by molar-refractivity contribution is 5.98. The number of nitrogens with one attached hydrogen (secondary N) is 1. The van der Waals surface area contributed by atoms with Crippen LogP contribution < -0.4 is 14.9 Å². The number of hydrogen-bond donors (Lipinski definition) is 1. The molecule has 7 nitrogen and oxygen atoms in total. The molecule has 0 saturated carbocycles. The summed E-state index contributed by atoms with van der Waals surface area (Å²) in [7, 11) is 5.32. The number of nitrogens with zero attached hydrogens (tertiary/aromatic N) is 2. The van der Waals surface area contributed by atoms with Crippen LogP contribution in [-0.2, 0) is 4.79 Å². The first-order chi connectivity index (χ1) is 15.0. The Kier molecular flexibility index (Phi) is 9.14. The molecule has 0 atom stereocenters. The maximum absolute atomic E-state index is 12.9. The zero-order valence-electron chi connectivity index (χ0n) is 18.2. The van der Waals surface area contributed by atoms with Gasteiger partial charge in [0.2, 0.25) is 0 Å². The average molecular weight is 421 g/mol. The molecule has 0 bridgehead atoms. The van der Waals surface area contributed by atoms with E-state index in [4.69, 9.17) is 9.47 Å². The van der Waals surface area contributed by atoms with E-state index < -0.39 is 0 Å². The van der Waals surface area contributed by atoms with Crippen molar-refractivity contribution in [2.75, 3.05) is 34.3 Å². The Hall–Kier alpha value is -3.76. The molecule has 2 aromatic carbocycles. The van der Waals surface area contributed by atoms with Crippen molar-refractivity contribution in [1.29, 1.82) is 0 Å². The fraction of sp³-hybridized carbons (Fsp3) is 0.250. The van der Waals surface area contributed by atoms with Crippen molar-refractivity contribution >= 4 is 17.9 Å². The minimum absolute atomic E-state index is 0.317. The minimum Gasteiger partial charge on any atom is -0.493 e. The number of carbonyl (C=O) groups is 2. The number of hydrazine groups is 1. The number of ether oxygens (including phenoxy) is 2. The van der Waals surface area contributed by atoms with Gasteiger partial charge in [-0.15, -0.1) is 0 Å². The van der Waals surface area contributed by atoms with Gasteiger partial charge in [0.25, 0.3) is 11.8 Å². The van der Waals surface area contributed by atoms with Gasteiger partial charge in [-0.1, -0.05) is 36.3 Å². The fourth-order valence-electron chi connectivity index (χ4n) is 2.58. The molecule has 0 radical (unpaired) electrons. The zero-order chi connectivity index (χ0) is 22.6. The smallest absolute Gasteiger partial charge is 0.269 e. The first kappa shape index (κ1) is 23.5. The Bertz CT molecular complexity index is 975. The van der Waals surface area contributed by atoms with E-state index >= 15 is 0 Å². The zero-order valence-corrected chi connectivity index (χ0v) is 18.2. The van der Waals surface area contributed by atoms with Gasteiger partial charge in [0.05, 0.1) is 13.7 Å². The number of likely N-dealkylation sites (N-methyl/N-ethyl adjacent to an activating group) is 1. The predicted molar refractivity (Wildman–Crippen MR) is 120 cm³/mol. The molecule has 0 aliphatic rings. The van der Waals surface area contributed by atoms with Crippen molar-refractivity contribution in [2.24, 2.45) is 0 Å². The van der Waals surface area contributed by atoms with Gasteiger partial charge in [0.15, 0.2) is 11.5 Å². The molecule has 0 aliphatic heterocycles. The van der Waals surface area contributed by atoms with Crippen LogP contribution >= 0.6 is 0 Å². The van der Waals surface area contributed by atoms with Crippen molar-refractivity contribution in [3.63, 3.8) is 0 Å². The van der Waals surface area contributed by atoms with Gasteiger partial charge in [0.1, 0.15) is 6.11 Å². The Morgan fingerprint density at radius 2 is 1.81 bits per heavy atom. The van der Waals surface area contributed by atoms with Crippen LogP contribution in [0.4, 0.5) is 0 Å². The van der Waals surface area contributed by atoms with Crippen LogP contribution in [0.25, 0.3) is 6.08 Å². The van der Waals surface area contributed by atoms with Crippen LogP contribution in [-0.4, -0.2) is 56.0 Å². The maximum atomic E-state index is 12.9. The highest BCUT2D eigenvalue weighted by Gasteiger charge is 2.16. The molecule has 0 unspecified atom stereocenters. The number of para-hydroxylation sites is 1. The van der Waals surface area contributed by atoms with E-state index in [-0.39, 0.29) is 11.8 Å². The molecule has 2 rings (SSSR count). The second-order valence-electron chi connectivity index (χ2n) is 6.77. The molecular formula is C24H27N3O4. The van der Waals surface area contributed by atoms with Gasteiger partial charge >= 0.3 is 0 Å². The lowest BCUT2D eigenvalue weighted by Gasteiger charge is -2.23. The van der Waals surface area contributed by atoms with Crippen molar-refractivity contribution in [3.05, 3.63) is 65.7 Å². The molecule has 0 spiro atoms. The first-order valence-electron chi connectivity index (χ1n) is 9.72. The summed E-state index contributed by atoms with van der Waals surface area (Å²) in [5.74, 6) is 2.85. The van der Waals surface area contributed by atoms with E-state index in [9.17, 15) is 9.59 Å². The average Bonchev–Trinajstić information content (AvgIpc) is 2.79. The lowest BCUT2D eigenvalue weighted by atomic mass is 10.1. The fourth-order valence-corrected chi connectivity index (χ4v) is 2.58. The predicted octanol–water partition coefficient (Wildman–Crippen LogP) is 2.80. The van der Waals surface area contributed by atoms with Crippen LogP contribution in [0.3, 0.4) is 0 Å². The number of hydrogen-bond acceptors (Lipinski definition) is 5. The summed E-state index contributed by atoms with van der Waals surface area (Å²) < 4.78 is 10.8. The molecule has 0 fully saturated rings. The highest BCUT2D eigenvalue weighted by Crippen LogP contribution is 2.31. The topological polar surface area (TPSA) is 71.1 Å². The highest BCUT2D eigenvalue weighted by atomic mass is 16.5. The van der Waals surface area contributed by atoms with Crippen LogP contribution in [0.5, 0.6) is 11.5 Å². The Morgan fingerprint density at radius 3 is 2.45 bits per heavy atom. The number of carbonyl (C=O) groups excluding carboxylic acids is 2. The standard InChI is InChI=1S/C24H27N3O4/c1-5-18-31-23-19(12-9-13-21(23)30-4)14-15-22(28)27(17-16-26(2)3)25-24(29)20-10-7-6-8-11-20/h6-15H,16-17H2,1-4H3,(H,25,29)/b15-14+. The normalized spacial score (nSPS) is 10.4. The van der Waals surface area contributed by atoms with Crippen LogP contribution in [0.15, 0.2) is 54.6 Å². The largest absolute Gasteiger partial charge is 0.493 e. The molecule has 2 amide bonds. The van der Waals surface area contributed by atoms with Crippen molar-refractivity contribution in [1.82, 2.24) is 15.3 Å². The van der Waals surface area contributed by atoms with Crippen molar-refractivity contribution in [3.8, 4) is 23.5 Å². The maximum Gasteiger partial charge on any atom is 0.269 e. The van der Waals surface area contributed by atoms with E-state index in [1.165, 1.54) is 18.2 Å².